The van der Waals surface area contributed by atoms with E-state index in [0.29, 0.717) is 11.6 Å². The van der Waals surface area contributed by atoms with Crippen LogP contribution in [0.25, 0.3) is 0 Å². The summed E-state index contributed by atoms with van der Waals surface area (Å²) in [7, 11) is 0. The number of para-hydroxylation sites is 1. The lowest BCUT2D eigenvalue weighted by Crippen LogP contribution is -2.16. The summed E-state index contributed by atoms with van der Waals surface area (Å²) in [6.07, 6.45) is -0.851. The summed E-state index contributed by atoms with van der Waals surface area (Å²) in [5.74, 6) is -5.55. The average molecular weight is 295 g/mol. The third-order valence-electron chi connectivity index (χ3n) is 2.94. The van der Waals surface area contributed by atoms with Gasteiger partial charge in [0.2, 0.25) is 0 Å². The quantitative estimate of drug-likeness (QED) is 0.853. The fourth-order valence-electron chi connectivity index (χ4n) is 1.87. The van der Waals surface area contributed by atoms with Crippen molar-refractivity contribution in [1.29, 1.82) is 0 Å². The summed E-state index contributed by atoms with van der Waals surface area (Å²) in [4.78, 5) is 12.0. The van der Waals surface area contributed by atoms with Gasteiger partial charge in [-0.05, 0) is 25.1 Å². The number of halogens is 3. The third kappa shape index (κ3) is 3.05. The topological polar surface area (TPSA) is 49.3 Å². The minimum atomic E-state index is -1.70. The molecule has 2 rings (SSSR count). The molecule has 2 aromatic carbocycles. The van der Waals surface area contributed by atoms with E-state index in [1.54, 1.807) is 18.2 Å². The molecule has 0 saturated carbocycles. The fraction of sp³-hybridized carbons (Fsp3) is 0.133. The van der Waals surface area contributed by atoms with Crippen LogP contribution >= 0.6 is 0 Å². The van der Waals surface area contributed by atoms with Gasteiger partial charge in [-0.1, -0.05) is 18.2 Å². The van der Waals surface area contributed by atoms with Gasteiger partial charge in [-0.3, -0.25) is 4.79 Å². The van der Waals surface area contributed by atoms with E-state index < -0.39 is 35.0 Å². The molecule has 2 aromatic rings. The van der Waals surface area contributed by atoms with Gasteiger partial charge in [0, 0.05) is 11.3 Å². The Labute approximate surface area is 119 Å². The second-order valence-corrected chi connectivity index (χ2v) is 4.44. The molecular formula is C15H12F3NO2. The Hall–Kier alpha value is -2.34. The van der Waals surface area contributed by atoms with Crippen molar-refractivity contribution in [2.45, 2.75) is 13.0 Å². The lowest BCUT2D eigenvalue weighted by atomic mass is 10.1. The first-order valence-electron chi connectivity index (χ1n) is 6.13. The van der Waals surface area contributed by atoms with E-state index in [-0.39, 0.29) is 5.69 Å². The van der Waals surface area contributed by atoms with E-state index in [2.05, 4.69) is 5.32 Å². The van der Waals surface area contributed by atoms with Crippen molar-refractivity contribution < 1.29 is 23.1 Å². The number of rotatable bonds is 3. The molecule has 0 heterocycles. The molecule has 0 spiro atoms. The highest BCUT2D eigenvalue weighted by molar-refractivity contribution is 6.04. The SMILES string of the molecule is CC(O)c1ccccc1NC(=O)c1ccc(F)c(F)c1F. The zero-order chi connectivity index (χ0) is 15.6. The van der Waals surface area contributed by atoms with Crippen molar-refractivity contribution in [3.05, 3.63) is 65.0 Å². The predicted molar refractivity (Wildman–Crippen MR) is 71.3 cm³/mol. The molecule has 0 radical (unpaired) electrons. The van der Waals surface area contributed by atoms with Crippen molar-refractivity contribution in [2.75, 3.05) is 5.32 Å². The van der Waals surface area contributed by atoms with Crippen molar-refractivity contribution >= 4 is 11.6 Å². The molecule has 0 fully saturated rings. The third-order valence-corrected chi connectivity index (χ3v) is 2.94. The summed E-state index contributed by atoms with van der Waals surface area (Å²) in [5.41, 5.74) is 0.0739. The number of carbonyl (C=O) groups is 1. The lowest BCUT2D eigenvalue weighted by molar-refractivity contribution is 0.102. The number of nitrogens with one attached hydrogen (secondary N) is 1. The van der Waals surface area contributed by atoms with Gasteiger partial charge in [-0.2, -0.15) is 0 Å². The molecule has 0 bridgehead atoms. The van der Waals surface area contributed by atoms with Crippen LogP contribution in [0.15, 0.2) is 36.4 Å². The first kappa shape index (κ1) is 15.1. The Morgan fingerprint density at radius 3 is 2.43 bits per heavy atom. The van der Waals surface area contributed by atoms with E-state index in [1.807, 2.05) is 0 Å². The Balaban J connectivity index is 2.33. The van der Waals surface area contributed by atoms with Crippen molar-refractivity contribution in [3.63, 3.8) is 0 Å². The maximum absolute atomic E-state index is 13.5. The summed E-state index contributed by atoms with van der Waals surface area (Å²) >= 11 is 0. The van der Waals surface area contributed by atoms with Crippen LogP contribution in [0.2, 0.25) is 0 Å². The van der Waals surface area contributed by atoms with Crippen molar-refractivity contribution in [1.82, 2.24) is 0 Å². The van der Waals surface area contributed by atoms with Gasteiger partial charge in [-0.25, -0.2) is 13.2 Å². The smallest absolute Gasteiger partial charge is 0.258 e. The summed E-state index contributed by atoms with van der Waals surface area (Å²) in [6, 6.07) is 7.90. The Morgan fingerprint density at radius 1 is 1.10 bits per heavy atom. The van der Waals surface area contributed by atoms with Crippen molar-refractivity contribution in [3.8, 4) is 0 Å². The standard InChI is InChI=1S/C15H12F3NO2/c1-8(20)9-4-2-3-5-12(9)19-15(21)10-6-7-11(16)14(18)13(10)17/h2-8,20H,1H3,(H,19,21). The molecule has 1 atom stereocenters. The van der Waals surface area contributed by atoms with Crippen LogP contribution in [0.4, 0.5) is 18.9 Å². The second kappa shape index (κ2) is 5.97. The van der Waals surface area contributed by atoms with Gasteiger partial charge in [-0.15, -0.1) is 0 Å². The van der Waals surface area contributed by atoms with E-state index in [1.165, 1.54) is 13.0 Å². The van der Waals surface area contributed by atoms with Gasteiger partial charge in [0.1, 0.15) is 0 Å². The monoisotopic (exact) mass is 295 g/mol. The molecule has 21 heavy (non-hydrogen) atoms. The molecule has 0 aliphatic carbocycles. The summed E-state index contributed by atoms with van der Waals surface area (Å²) in [5, 5.41) is 12.0. The summed E-state index contributed by atoms with van der Waals surface area (Å²) in [6.45, 7) is 1.50. The Kier molecular flexibility index (Phi) is 4.28. The molecule has 1 amide bonds. The summed E-state index contributed by atoms with van der Waals surface area (Å²) < 4.78 is 39.5. The lowest BCUT2D eigenvalue weighted by Gasteiger charge is -2.13. The highest BCUT2D eigenvalue weighted by Crippen LogP contribution is 2.23. The Bertz CT molecular complexity index is 687. The van der Waals surface area contributed by atoms with E-state index >= 15 is 0 Å². The first-order chi connectivity index (χ1) is 9.91. The van der Waals surface area contributed by atoms with Gasteiger partial charge >= 0.3 is 0 Å². The van der Waals surface area contributed by atoms with Gasteiger partial charge in [0.15, 0.2) is 17.5 Å². The molecule has 1 unspecified atom stereocenters. The fourth-order valence-corrected chi connectivity index (χ4v) is 1.87. The second-order valence-electron chi connectivity index (χ2n) is 4.44. The number of aliphatic hydroxyl groups excluding tert-OH is 1. The highest BCUT2D eigenvalue weighted by atomic mass is 19.2. The van der Waals surface area contributed by atoms with Crippen LogP contribution in [0, 0.1) is 17.5 Å². The first-order valence-corrected chi connectivity index (χ1v) is 6.13. The minimum absolute atomic E-state index is 0.265. The highest BCUT2D eigenvalue weighted by Gasteiger charge is 2.19. The Morgan fingerprint density at radius 2 is 1.76 bits per heavy atom. The number of anilines is 1. The molecule has 0 aliphatic rings. The normalized spacial score (nSPS) is 12.0. The maximum atomic E-state index is 13.5. The maximum Gasteiger partial charge on any atom is 0.258 e. The molecule has 0 saturated heterocycles. The van der Waals surface area contributed by atoms with E-state index in [4.69, 9.17) is 0 Å². The molecule has 0 aliphatic heterocycles. The van der Waals surface area contributed by atoms with Crippen LogP contribution in [-0.4, -0.2) is 11.0 Å². The van der Waals surface area contributed by atoms with Crippen LogP contribution in [0.3, 0.4) is 0 Å². The molecule has 110 valence electrons. The number of benzene rings is 2. The molecular weight excluding hydrogens is 283 g/mol. The van der Waals surface area contributed by atoms with Crippen LogP contribution in [0.1, 0.15) is 28.9 Å². The number of aliphatic hydroxyl groups is 1. The van der Waals surface area contributed by atoms with Crippen molar-refractivity contribution in [2.24, 2.45) is 0 Å². The minimum Gasteiger partial charge on any atom is -0.389 e. The van der Waals surface area contributed by atoms with Gasteiger partial charge in [0.25, 0.3) is 5.91 Å². The van der Waals surface area contributed by atoms with E-state index in [9.17, 15) is 23.1 Å². The van der Waals surface area contributed by atoms with Crippen LogP contribution in [0.5, 0.6) is 0 Å². The number of amides is 1. The largest absolute Gasteiger partial charge is 0.389 e. The van der Waals surface area contributed by atoms with Gasteiger partial charge < -0.3 is 10.4 Å². The number of hydrogen-bond donors (Lipinski definition) is 2. The molecule has 2 N–H and O–H groups in total. The number of carbonyl (C=O) groups excluding carboxylic acids is 1. The predicted octanol–water partition coefficient (Wildman–Crippen LogP) is 3.41. The average Bonchev–Trinajstić information content (AvgIpc) is 2.45. The van der Waals surface area contributed by atoms with Crippen LogP contribution in [-0.2, 0) is 0 Å². The zero-order valence-corrected chi connectivity index (χ0v) is 11.0. The van der Waals surface area contributed by atoms with E-state index in [0.717, 1.165) is 6.07 Å². The van der Waals surface area contributed by atoms with Crippen LogP contribution < -0.4 is 5.32 Å². The number of hydrogen-bond acceptors (Lipinski definition) is 2. The van der Waals surface area contributed by atoms with Gasteiger partial charge in [0.05, 0.1) is 11.7 Å². The molecule has 3 nitrogen and oxygen atoms in total. The molecule has 6 heteroatoms. The molecule has 0 aromatic heterocycles. The zero-order valence-electron chi connectivity index (χ0n) is 11.0.